The van der Waals surface area contributed by atoms with Gasteiger partial charge in [-0.1, -0.05) is 26.0 Å². The Morgan fingerprint density at radius 3 is 2.43 bits per heavy atom. The third-order valence-corrected chi connectivity index (χ3v) is 3.41. The Balaban J connectivity index is 2.42. The topological polar surface area (TPSA) is 42.2 Å². The van der Waals surface area contributed by atoms with Gasteiger partial charge in [-0.05, 0) is 42.2 Å². The van der Waals surface area contributed by atoms with E-state index in [0.717, 1.165) is 11.3 Å². The number of rotatable bonds is 4. The fraction of sp³-hybridized carbons (Fsp3) is 0.278. The Kier molecular flexibility index (Phi) is 4.49. The summed E-state index contributed by atoms with van der Waals surface area (Å²) in [6.07, 6.45) is 0. The van der Waals surface area contributed by atoms with Crippen LogP contribution in [0.1, 0.15) is 36.5 Å². The average Bonchev–Trinajstić information content (AvgIpc) is 2.49. The molecule has 2 aromatic rings. The maximum absolute atomic E-state index is 9.20. The Morgan fingerprint density at radius 2 is 1.81 bits per heavy atom. The second kappa shape index (κ2) is 6.32. The third-order valence-electron chi connectivity index (χ3n) is 3.41. The van der Waals surface area contributed by atoms with Crippen LogP contribution >= 0.6 is 0 Å². The summed E-state index contributed by atoms with van der Waals surface area (Å²) in [6.45, 7) is 6.27. The fourth-order valence-corrected chi connectivity index (χ4v) is 2.01. The highest BCUT2D eigenvalue weighted by Crippen LogP contribution is 2.32. The number of hydrogen-bond acceptors (Lipinski definition) is 3. The molecule has 3 nitrogen and oxygen atoms in total. The molecule has 108 valence electrons. The first-order valence-electron chi connectivity index (χ1n) is 6.91. The van der Waals surface area contributed by atoms with E-state index in [4.69, 9.17) is 9.47 Å². The maximum Gasteiger partial charge on any atom is 0.148 e. The van der Waals surface area contributed by atoms with Crippen LogP contribution in [0.4, 0.5) is 0 Å². The number of hydrogen-bond donors (Lipinski definition) is 0. The standard InChI is InChI=1S/C18H19NO2/c1-12(2)14-6-5-13(3)17(9-14)21-18-10-16(20-4)8-7-15(18)11-19/h5-10,12H,1-4H3. The maximum atomic E-state index is 9.20. The quantitative estimate of drug-likeness (QED) is 0.809. The summed E-state index contributed by atoms with van der Waals surface area (Å²) < 4.78 is 11.2. The molecule has 0 amide bonds. The van der Waals surface area contributed by atoms with Gasteiger partial charge >= 0.3 is 0 Å². The predicted octanol–water partition coefficient (Wildman–Crippen LogP) is 4.79. The first-order chi connectivity index (χ1) is 10.0. The van der Waals surface area contributed by atoms with Crippen molar-refractivity contribution >= 4 is 0 Å². The first-order valence-corrected chi connectivity index (χ1v) is 6.91. The van der Waals surface area contributed by atoms with Gasteiger partial charge in [0, 0.05) is 6.07 Å². The molecule has 0 radical (unpaired) electrons. The summed E-state index contributed by atoms with van der Waals surface area (Å²) in [4.78, 5) is 0. The molecule has 0 spiro atoms. The Hall–Kier alpha value is -2.47. The van der Waals surface area contributed by atoms with E-state index in [1.807, 2.05) is 19.1 Å². The van der Waals surface area contributed by atoms with Crippen molar-refractivity contribution < 1.29 is 9.47 Å². The van der Waals surface area contributed by atoms with E-state index >= 15 is 0 Å². The smallest absolute Gasteiger partial charge is 0.148 e. The zero-order valence-electron chi connectivity index (χ0n) is 12.8. The van der Waals surface area contributed by atoms with Gasteiger partial charge in [-0.3, -0.25) is 0 Å². The molecule has 0 N–H and O–H groups in total. The van der Waals surface area contributed by atoms with Crippen molar-refractivity contribution in [2.45, 2.75) is 26.7 Å². The number of methoxy groups -OCH3 is 1. The van der Waals surface area contributed by atoms with Crippen LogP contribution in [0.2, 0.25) is 0 Å². The molecule has 0 saturated heterocycles. The molecule has 0 saturated carbocycles. The Bertz CT molecular complexity index is 684. The zero-order valence-corrected chi connectivity index (χ0v) is 12.8. The lowest BCUT2D eigenvalue weighted by atomic mass is 10.0. The molecule has 0 heterocycles. The number of aryl methyl sites for hydroxylation is 1. The molecule has 2 rings (SSSR count). The average molecular weight is 281 g/mol. The van der Waals surface area contributed by atoms with E-state index in [1.165, 1.54) is 5.56 Å². The van der Waals surface area contributed by atoms with E-state index in [9.17, 15) is 5.26 Å². The molecule has 0 unspecified atom stereocenters. The first kappa shape index (κ1) is 14.9. The summed E-state index contributed by atoms with van der Waals surface area (Å²) in [5, 5.41) is 9.20. The molecule has 21 heavy (non-hydrogen) atoms. The monoisotopic (exact) mass is 281 g/mol. The van der Waals surface area contributed by atoms with Crippen LogP contribution < -0.4 is 9.47 Å². The van der Waals surface area contributed by atoms with Crippen molar-refractivity contribution in [3.63, 3.8) is 0 Å². The molecule has 2 aromatic carbocycles. The lowest BCUT2D eigenvalue weighted by molar-refractivity contribution is 0.408. The van der Waals surface area contributed by atoms with Crippen molar-refractivity contribution in [1.29, 1.82) is 5.26 Å². The van der Waals surface area contributed by atoms with Crippen molar-refractivity contribution in [3.8, 4) is 23.3 Å². The summed E-state index contributed by atoms with van der Waals surface area (Å²) in [5.74, 6) is 2.38. The second-order valence-electron chi connectivity index (χ2n) is 5.26. The highest BCUT2D eigenvalue weighted by Gasteiger charge is 2.10. The Labute approximate surface area is 125 Å². The van der Waals surface area contributed by atoms with Gasteiger partial charge in [0.1, 0.15) is 23.3 Å². The summed E-state index contributed by atoms with van der Waals surface area (Å²) >= 11 is 0. The van der Waals surface area contributed by atoms with E-state index in [2.05, 4.69) is 26.0 Å². The van der Waals surface area contributed by atoms with Gasteiger partial charge in [-0.15, -0.1) is 0 Å². The molecule has 0 aliphatic carbocycles. The Morgan fingerprint density at radius 1 is 1.05 bits per heavy atom. The van der Waals surface area contributed by atoms with Crippen LogP contribution in [0.15, 0.2) is 36.4 Å². The molecule has 3 heteroatoms. The third kappa shape index (κ3) is 3.35. The fourth-order valence-electron chi connectivity index (χ4n) is 2.01. The number of nitriles is 1. The molecule has 0 atom stereocenters. The van der Waals surface area contributed by atoms with E-state index in [0.29, 0.717) is 23.0 Å². The predicted molar refractivity (Wildman–Crippen MR) is 83.1 cm³/mol. The van der Waals surface area contributed by atoms with Gasteiger partial charge in [-0.25, -0.2) is 0 Å². The van der Waals surface area contributed by atoms with Gasteiger partial charge in [0.05, 0.1) is 12.7 Å². The van der Waals surface area contributed by atoms with Crippen LogP contribution in [0.25, 0.3) is 0 Å². The lowest BCUT2D eigenvalue weighted by Crippen LogP contribution is -1.95. The summed E-state index contributed by atoms with van der Waals surface area (Å²) in [6, 6.07) is 13.5. The minimum Gasteiger partial charge on any atom is -0.497 e. The number of ether oxygens (including phenoxy) is 2. The second-order valence-corrected chi connectivity index (χ2v) is 5.26. The van der Waals surface area contributed by atoms with Gasteiger partial charge in [0.15, 0.2) is 0 Å². The van der Waals surface area contributed by atoms with Gasteiger partial charge < -0.3 is 9.47 Å². The van der Waals surface area contributed by atoms with E-state index in [-0.39, 0.29) is 0 Å². The molecule has 0 aromatic heterocycles. The molecular formula is C18H19NO2. The molecular weight excluding hydrogens is 262 g/mol. The SMILES string of the molecule is COc1ccc(C#N)c(Oc2cc(C(C)C)ccc2C)c1. The zero-order chi connectivity index (χ0) is 15.4. The molecule has 0 fully saturated rings. The highest BCUT2D eigenvalue weighted by molar-refractivity contribution is 5.50. The molecule has 0 bridgehead atoms. The number of benzene rings is 2. The summed E-state index contributed by atoms with van der Waals surface area (Å²) in [5.41, 5.74) is 2.73. The lowest BCUT2D eigenvalue weighted by Gasteiger charge is -2.14. The van der Waals surface area contributed by atoms with Gasteiger partial charge in [0.2, 0.25) is 0 Å². The van der Waals surface area contributed by atoms with Crippen LogP contribution in [0, 0.1) is 18.3 Å². The van der Waals surface area contributed by atoms with Crippen molar-refractivity contribution in [3.05, 3.63) is 53.1 Å². The highest BCUT2D eigenvalue weighted by atomic mass is 16.5. The van der Waals surface area contributed by atoms with Crippen LogP contribution in [-0.4, -0.2) is 7.11 Å². The summed E-state index contributed by atoms with van der Waals surface area (Å²) in [7, 11) is 1.59. The minimum absolute atomic E-state index is 0.425. The van der Waals surface area contributed by atoms with Crippen molar-refractivity contribution in [2.75, 3.05) is 7.11 Å². The molecule has 0 aliphatic heterocycles. The van der Waals surface area contributed by atoms with Gasteiger partial charge in [-0.2, -0.15) is 5.26 Å². The van der Waals surface area contributed by atoms with Gasteiger partial charge in [0.25, 0.3) is 0 Å². The normalized spacial score (nSPS) is 10.3. The van der Waals surface area contributed by atoms with E-state index < -0.39 is 0 Å². The molecule has 0 aliphatic rings. The largest absolute Gasteiger partial charge is 0.497 e. The van der Waals surface area contributed by atoms with Crippen LogP contribution in [-0.2, 0) is 0 Å². The van der Waals surface area contributed by atoms with Crippen molar-refractivity contribution in [2.24, 2.45) is 0 Å². The minimum atomic E-state index is 0.425. The number of nitrogens with zero attached hydrogens (tertiary/aromatic N) is 1. The van der Waals surface area contributed by atoms with Crippen LogP contribution in [0.5, 0.6) is 17.2 Å². The van der Waals surface area contributed by atoms with E-state index in [1.54, 1.807) is 25.3 Å². The van der Waals surface area contributed by atoms with Crippen molar-refractivity contribution in [1.82, 2.24) is 0 Å². The van der Waals surface area contributed by atoms with Crippen LogP contribution in [0.3, 0.4) is 0 Å².